The summed E-state index contributed by atoms with van der Waals surface area (Å²) in [6.07, 6.45) is 3.66. The van der Waals surface area contributed by atoms with Crippen molar-refractivity contribution in [2.45, 2.75) is 13.0 Å². The summed E-state index contributed by atoms with van der Waals surface area (Å²) in [5.41, 5.74) is 3.13. The number of hydrogen-bond donors (Lipinski definition) is 1. The second kappa shape index (κ2) is 5.27. The van der Waals surface area contributed by atoms with Crippen LogP contribution >= 0.6 is 11.6 Å². The number of fused-ring (bicyclic) bond motifs is 1. The molecule has 1 atom stereocenters. The summed E-state index contributed by atoms with van der Waals surface area (Å²) >= 11 is 6.02. The number of aryl methyl sites for hydroxylation is 1. The van der Waals surface area contributed by atoms with Crippen LogP contribution < -0.4 is 5.32 Å². The smallest absolute Gasteiger partial charge is 0.134 e. The van der Waals surface area contributed by atoms with Crippen LogP contribution in [0.15, 0.2) is 47.1 Å². The normalized spacial score (nSPS) is 12.8. The fourth-order valence-corrected chi connectivity index (χ4v) is 2.62. The van der Waals surface area contributed by atoms with Crippen LogP contribution in [0, 0.1) is 6.92 Å². The predicted molar refractivity (Wildman–Crippen MR) is 81.1 cm³/mol. The lowest BCUT2D eigenvalue weighted by atomic mass is 10.0. The molecular weight excluding hydrogens is 272 g/mol. The minimum atomic E-state index is 0.00387. The van der Waals surface area contributed by atoms with Crippen molar-refractivity contribution in [3.05, 3.63) is 64.6 Å². The van der Waals surface area contributed by atoms with Gasteiger partial charge in [0.2, 0.25) is 0 Å². The van der Waals surface area contributed by atoms with Crippen LogP contribution in [0.1, 0.15) is 22.9 Å². The molecule has 3 aromatic rings. The molecule has 2 aromatic heterocycles. The molecule has 0 spiro atoms. The van der Waals surface area contributed by atoms with E-state index in [-0.39, 0.29) is 6.04 Å². The Bertz CT molecular complexity index is 751. The molecule has 0 fully saturated rings. The number of nitrogens with one attached hydrogen (secondary N) is 1. The van der Waals surface area contributed by atoms with E-state index in [2.05, 4.69) is 10.3 Å². The number of benzene rings is 1. The largest absolute Gasteiger partial charge is 0.459 e. The molecule has 0 aliphatic rings. The van der Waals surface area contributed by atoms with Crippen LogP contribution in [0.2, 0.25) is 5.02 Å². The van der Waals surface area contributed by atoms with Gasteiger partial charge in [0.1, 0.15) is 11.3 Å². The second-order valence-electron chi connectivity index (χ2n) is 4.78. The summed E-state index contributed by atoms with van der Waals surface area (Å²) in [6.45, 7) is 2.05. The van der Waals surface area contributed by atoms with Crippen molar-refractivity contribution in [3.8, 4) is 0 Å². The van der Waals surface area contributed by atoms with Crippen LogP contribution in [-0.2, 0) is 0 Å². The molecule has 0 amide bonds. The van der Waals surface area contributed by atoms with E-state index in [4.69, 9.17) is 16.0 Å². The first-order valence-corrected chi connectivity index (χ1v) is 6.83. The van der Waals surface area contributed by atoms with E-state index in [0.717, 1.165) is 27.9 Å². The summed E-state index contributed by atoms with van der Waals surface area (Å²) in [4.78, 5) is 4.13. The molecule has 20 heavy (non-hydrogen) atoms. The Morgan fingerprint density at radius 1 is 1.25 bits per heavy atom. The molecule has 2 heterocycles. The summed E-state index contributed by atoms with van der Waals surface area (Å²) in [5.74, 6) is 0.874. The molecule has 3 rings (SSSR count). The third-order valence-corrected chi connectivity index (χ3v) is 3.68. The van der Waals surface area contributed by atoms with E-state index in [9.17, 15) is 0 Å². The Labute approximate surface area is 122 Å². The number of hydrogen-bond acceptors (Lipinski definition) is 3. The van der Waals surface area contributed by atoms with Gasteiger partial charge in [-0.25, -0.2) is 0 Å². The van der Waals surface area contributed by atoms with Gasteiger partial charge in [-0.3, -0.25) is 4.98 Å². The third kappa shape index (κ3) is 2.30. The number of halogens is 1. The van der Waals surface area contributed by atoms with E-state index in [0.29, 0.717) is 5.02 Å². The highest BCUT2D eigenvalue weighted by molar-refractivity contribution is 6.31. The van der Waals surface area contributed by atoms with Crippen molar-refractivity contribution in [2.75, 3.05) is 7.05 Å². The van der Waals surface area contributed by atoms with Crippen molar-refractivity contribution >= 4 is 22.6 Å². The van der Waals surface area contributed by atoms with Gasteiger partial charge >= 0.3 is 0 Å². The molecule has 0 saturated heterocycles. The molecule has 0 bridgehead atoms. The molecule has 0 aliphatic carbocycles. The van der Waals surface area contributed by atoms with Gasteiger partial charge in [0.05, 0.1) is 6.04 Å². The fourth-order valence-electron chi connectivity index (χ4n) is 2.44. The van der Waals surface area contributed by atoms with E-state index >= 15 is 0 Å². The van der Waals surface area contributed by atoms with Crippen molar-refractivity contribution in [1.29, 1.82) is 0 Å². The molecule has 1 N–H and O–H groups in total. The Morgan fingerprint density at radius 3 is 2.85 bits per heavy atom. The highest BCUT2D eigenvalue weighted by Crippen LogP contribution is 2.30. The third-order valence-electron chi connectivity index (χ3n) is 3.45. The van der Waals surface area contributed by atoms with Gasteiger partial charge < -0.3 is 9.73 Å². The first-order chi connectivity index (χ1) is 9.69. The zero-order chi connectivity index (χ0) is 14.1. The average Bonchev–Trinajstić information content (AvgIpc) is 2.84. The van der Waals surface area contributed by atoms with Crippen molar-refractivity contribution < 1.29 is 4.42 Å². The molecule has 4 heteroatoms. The quantitative estimate of drug-likeness (QED) is 0.788. The fraction of sp³-hybridized carbons (Fsp3) is 0.188. The van der Waals surface area contributed by atoms with Crippen LogP contribution in [-0.4, -0.2) is 12.0 Å². The van der Waals surface area contributed by atoms with Gasteiger partial charge in [-0.15, -0.1) is 0 Å². The number of pyridine rings is 1. The molecular formula is C16H15ClN2O. The van der Waals surface area contributed by atoms with Gasteiger partial charge in [0.25, 0.3) is 0 Å². The minimum Gasteiger partial charge on any atom is -0.459 e. The predicted octanol–water partition coefficient (Wildman–Crippen LogP) is 4.10. The van der Waals surface area contributed by atoms with Gasteiger partial charge in [0.15, 0.2) is 0 Å². The standard InChI is InChI=1S/C16H15ClN2O/c1-10-9-19-6-5-13(10)16(18-2)15-8-11-7-12(17)3-4-14(11)20-15/h3-9,16,18H,1-2H3. The number of nitrogens with zero attached hydrogens (tertiary/aromatic N) is 1. The molecule has 3 nitrogen and oxygen atoms in total. The van der Waals surface area contributed by atoms with Gasteiger partial charge in [0, 0.05) is 22.8 Å². The Kier molecular flexibility index (Phi) is 3.47. The van der Waals surface area contributed by atoms with Gasteiger partial charge in [-0.05, 0) is 55.4 Å². The summed E-state index contributed by atoms with van der Waals surface area (Å²) in [6, 6.07) is 9.69. The lowest BCUT2D eigenvalue weighted by molar-refractivity contribution is 0.490. The molecule has 0 aliphatic heterocycles. The maximum atomic E-state index is 6.02. The van der Waals surface area contributed by atoms with Crippen LogP contribution in [0.25, 0.3) is 11.0 Å². The molecule has 0 saturated carbocycles. The summed E-state index contributed by atoms with van der Waals surface area (Å²) in [7, 11) is 1.92. The Morgan fingerprint density at radius 2 is 2.10 bits per heavy atom. The Balaban J connectivity index is 2.10. The van der Waals surface area contributed by atoms with Crippen molar-refractivity contribution in [2.24, 2.45) is 0 Å². The van der Waals surface area contributed by atoms with E-state index < -0.39 is 0 Å². The van der Waals surface area contributed by atoms with Crippen LogP contribution in [0.3, 0.4) is 0 Å². The van der Waals surface area contributed by atoms with Gasteiger partial charge in [-0.1, -0.05) is 11.6 Å². The SMILES string of the molecule is CNC(c1cc2cc(Cl)ccc2o1)c1ccncc1C. The minimum absolute atomic E-state index is 0.00387. The second-order valence-corrected chi connectivity index (χ2v) is 5.22. The van der Waals surface area contributed by atoms with Gasteiger partial charge in [-0.2, -0.15) is 0 Å². The van der Waals surface area contributed by atoms with E-state index in [1.54, 1.807) is 6.20 Å². The first kappa shape index (κ1) is 13.2. The zero-order valence-corrected chi connectivity index (χ0v) is 12.1. The lowest BCUT2D eigenvalue weighted by Crippen LogP contribution is -2.18. The molecule has 1 unspecified atom stereocenters. The number of rotatable bonds is 3. The van der Waals surface area contributed by atoms with E-state index in [1.807, 2.05) is 50.5 Å². The highest BCUT2D eigenvalue weighted by Gasteiger charge is 2.18. The summed E-state index contributed by atoms with van der Waals surface area (Å²) < 4.78 is 5.94. The van der Waals surface area contributed by atoms with Crippen LogP contribution in [0.4, 0.5) is 0 Å². The van der Waals surface area contributed by atoms with Crippen molar-refractivity contribution in [1.82, 2.24) is 10.3 Å². The first-order valence-electron chi connectivity index (χ1n) is 6.46. The Hall–Kier alpha value is -1.84. The monoisotopic (exact) mass is 286 g/mol. The highest BCUT2D eigenvalue weighted by atomic mass is 35.5. The molecule has 102 valence electrons. The average molecular weight is 287 g/mol. The van der Waals surface area contributed by atoms with Crippen molar-refractivity contribution in [3.63, 3.8) is 0 Å². The maximum absolute atomic E-state index is 6.02. The number of aromatic nitrogens is 1. The van der Waals surface area contributed by atoms with Crippen LogP contribution in [0.5, 0.6) is 0 Å². The zero-order valence-electron chi connectivity index (χ0n) is 11.4. The van der Waals surface area contributed by atoms with E-state index in [1.165, 1.54) is 0 Å². The number of furan rings is 1. The topological polar surface area (TPSA) is 38.1 Å². The maximum Gasteiger partial charge on any atom is 0.134 e. The lowest BCUT2D eigenvalue weighted by Gasteiger charge is -2.15. The molecule has 1 aromatic carbocycles. The molecule has 0 radical (unpaired) electrons. The summed E-state index contributed by atoms with van der Waals surface area (Å²) in [5, 5.41) is 5.02.